The summed E-state index contributed by atoms with van der Waals surface area (Å²) < 4.78 is 36.7. The molecule has 1 aliphatic heterocycles. The molecule has 0 fully saturated rings. The molecule has 0 bridgehead atoms. The number of nitrogens with one attached hydrogen (secondary N) is 1. The lowest BCUT2D eigenvalue weighted by Gasteiger charge is -2.05. The van der Waals surface area contributed by atoms with Crippen LogP contribution in [0.25, 0.3) is 4.91 Å². The zero-order valence-corrected chi connectivity index (χ0v) is 8.88. The highest BCUT2D eigenvalue weighted by atomic mass is 35.5. The maximum Gasteiger partial charge on any atom is 0.446 e. The van der Waals surface area contributed by atoms with Crippen LogP contribution in [0.4, 0.5) is 13.2 Å². The van der Waals surface area contributed by atoms with Crippen molar-refractivity contribution in [3.05, 3.63) is 34.8 Å². The van der Waals surface area contributed by atoms with Gasteiger partial charge in [0.1, 0.15) is 0 Å². The summed E-state index contributed by atoms with van der Waals surface area (Å²) in [7, 11) is 0. The zero-order valence-electron chi connectivity index (χ0n) is 7.31. The van der Waals surface area contributed by atoms with Crippen LogP contribution in [0.1, 0.15) is 0 Å². The highest BCUT2D eigenvalue weighted by molar-refractivity contribution is 8.08. The van der Waals surface area contributed by atoms with E-state index in [4.69, 9.17) is 11.6 Å². The Morgan fingerprint density at radius 2 is 1.93 bits per heavy atom. The highest BCUT2D eigenvalue weighted by Gasteiger charge is 2.36. The van der Waals surface area contributed by atoms with Crippen LogP contribution in [-0.2, 0) is 0 Å². The highest BCUT2D eigenvalue weighted by Crippen LogP contribution is 2.38. The summed E-state index contributed by atoms with van der Waals surface area (Å²) in [4.78, 5) is 2.89. The minimum Gasteiger partial charge on any atom is -0.220 e. The molecule has 1 aromatic carbocycles. The van der Waals surface area contributed by atoms with Gasteiger partial charge >= 0.3 is 5.51 Å². The van der Waals surface area contributed by atoms with Gasteiger partial charge in [-0.3, -0.25) is 0 Å². The van der Waals surface area contributed by atoms with Gasteiger partial charge in [-0.2, -0.15) is 13.2 Å². The summed E-state index contributed by atoms with van der Waals surface area (Å²) in [6.45, 7) is 0. The monoisotopic (exact) mass is 252 g/mol. The first-order valence-corrected chi connectivity index (χ1v) is 5.35. The summed E-state index contributed by atoms with van der Waals surface area (Å²) in [6, 6.07) is 6.76. The summed E-state index contributed by atoms with van der Waals surface area (Å²) in [5, 5.41) is 1.17. The molecule has 1 aliphatic rings. The van der Waals surface area contributed by atoms with Gasteiger partial charge in [0.25, 0.3) is 5.50 Å². The fourth-order valence-corrected chi connectivity index (χ4v) is 2.46. The zero-order chi connectivity index (χ0) is 11.1. The molecule has 2 rings (SSSR count). The Bertz CT molecular complexity index is 497. The minimum absolute atomic E-state index is 0.111. The first kappa shape index (κ1) is 10.8. The molecule has 0 aliphatic carbocycles. The summed E-state index contributed by atoms with van der Waals surface area (Å²) >= 11 is 5.62. The molecule has 1 unspecified atom stereocenters. The molecule has 1 aromatic rings. The lowest BCUT2D eigenvalue weighted by atomic mass is 10.3. The van der Waals surface area contributed by atoms with Gasteiger partial charge in [0.05, 0.1) is 10.1 Å². The molecule has 0 saturated heterocycles. The van der Waals surface area contributed by atoms with Crippen LogP contribution in [0, 0.1) is 0 Å². The van der Waals surface area contributed by atoms with Gasteiger partial charge in [0, 0.05) is 6.07 Å². The van der Waals surface area contributed by atoms with Crippen LogP contribution >= 0.6 is 23.4 Å². The van der Waals surface area contributed by atoms with E-state index in [0.29, 0.717) is 10.6 Å². The number of hydrogen-bond donors (Lipinski definition) is 1. The fourth-order valence-electron chi connectivity index (χ4n) is 1.39. The molecule has 1 N–H and O–H groups in total. The quantitative estimate of drug-likeness (QED) is 0.562. The smallest absolute Gasteiger partial charge is 0.220 e. The van der Waals surface area contributed by atoms with Crippen molar-refractivity contribution in [1.82, 2.24) is 0 Å². The van der Waals surface area contributed by atoms with Gasteiger partial charge < -0.3 is 0 Å². The number of alkyl halides is 4. The van der Waals surface area contributed by atoms with Gasteiger partial charge in [-0.15, -0.1) is 0 Å². The van der Waals surface area contributed by atoms with E-state index in [0.717, 1.165) is 0 Å². The molecular formula is C9H6ClF3NS+. The van der Waals surface area contributed by atoms with Gasteiger partial charge in [0.2, 0.25) is 5.36 Å². The van der Waals surface area contributed by atoms with Gasteiger partial charge in [-0.25, -0.2) is 4.99 Å². The van der Waals surface area contributed by atoms with E-state index in [1.165, 1.54) is 0 Å². The van der Waals surface area contributed by atoms with E-state index in [1.807, 2.05) is 0 Å². The molecule has 0 saturated carbocycles. The maximum absolute atomic E-state index is 12.2. The van der Waals surface area contributed by atoms with Crippen LogP contribution in [0.15, 0.2) is 24.3 Å². The number of rotatable bonds is 1. The van der Waals surface area contributed by atoms with Crippen molar-refractivity contribution in [3.8, 4) is 0 Å². The third-order valence-corrected chi connectivity index (χ3v) is 3.29. The molecule has 0 amide bonds. The Morgan fingerprint density at radius 1 is 1.27 bits per heavy atom. The normalized spacial score (nSPS) is 20.0. The topological polar surface area (TPSA) is 14.0 Å². The van der Waals surface area contributed by atoms with E-state index < -0.39 is 11.0 Å². The Kier molecular flexibility index (Phi) is 2.68. The van der Waals surface area contributed by atoms with Gasteiger partial charge in [0.15, 0.2) is 0 Å². The molecule has 0 aromatic heterocycles. The van der Waals surface area contributed by atoms with Crippen molar-refractivity contribution in [2.45, 2.75) is 11.0 Å². The van der Waals surface area contributed by atoms with Crippen molar-refractivity contribution in [2.24, 2.45) is 0 Å². The molecule has 80 valence electrons. The maximum atomic E-state index is 12.2. The summed E-state index contributed by atoms with van der Waals surface area (Å²) in [6.07, 6.45) is 0. The van der Waals surface area contributed by atoms with Crippen molar-refractivity contribution >= 4 is 28.3 Å². The molecule has 15 heavy (non-hydrogen) atoms. The lowest BCUT2D eigenvalue weighted by Crippen LogP contribution is -2.79. The third-order valence-electron chi connectivity index (χ3n) is 1.93. The van der Waals surface area contributed by atoms with Gasteiger partial charge in [-0.05, 0) is 29.4 Å². The third kappa shape index (κ3) is 2.29. The standard InChI is InChI=1S/C9H5ClF3NS/c10-8-7(15-9(11,12)13)5-3-1-2-4-6(5)14-8/h1-4,8H/p+1. The fraction of sp³-hybridized carbons (Fsp3) is 0.222. The summed E-state index contributed by atoms with van der Waals surface area (Å²) in [5.74, 6) is 0. The largest absolute Gasteiger partial charge is 0.446 e. The molecule has 0 radical (unpaired) electrons. The lowest BCUT2D eigenvalue weighted by molar-refractivity contribution is -0.499. The Morgan fingerprint density at radius 3 is 2.60 bits per heavy atom. The SMILES string of the molecule is FC(F)(F)SC1=c2ccccc2=[NH+]C1Cl. The van der Waals surface area contributed by atoms with Crippen LogP contribution in [-0.4, -0.2) is 11.0 Å². The second kappa shape index (κ2) is 3.72. The molecular weight excluding hydrogens is 247 g/mol. The van der Waals surface area contributed by atoms with E-state index >= 15 is 0 Å². The number of benzene rings is 1. The van der Waals surface area contributed by atoms with Crippen molar-refractivity contribution < 1.29 is 18.2 Å². The van der Waals surface area contributed by atoms with E-state index in [9.17, 15) is 13.2 Å². The van der Waals surface area contributed by atoms with E-state index in [-0.39, 0.29) is 16.7 Å². The van der Waals surface area contributed by atoms with Crippen LogP contribution in [0.2, 0.25) is 0 Å². The molecule has 1 atom stereocenters. The van der Waals surface area contributed by atoms with E-state index in [2.05, 4.69) is 4.99 Å². The number of fused-ring (bicyclic) bond motifs is 1. The van der Waals surface area contributed by atoms with Crippen molar-refractivity contribution in [1.29, 1.82) is 0 Å². The predicted molar refractivity (Wildman–Crippen MR) is 52.5 cm³/mol. The summed E-state index contributed by atoms with van der Waals surface area (Å²) in [5.41, 5.74) is -5.10. The number of halogens is 4. The van der Waals surface area contributed by atoms with Crippen LogP contribution in [0.5, 0.6) is 0 Å². The Hall–Kier alpha value is -0.680. The second-order valence-electron chi connectivity index (χ2n) is 2.96. The van der Waals surface area contributed by atoms with Crippen LogP contribution < -0.4 is 15.6 Å². The first-order valence-electron chi connectivity index (χ1n) is 4.10. The van der Waals surface area contributed by atoms with Crippen LogP contribution in [0.3, 0.4) is 0 Å². The molecule has 0 spiro atoms. The first-order chi connectivity index (χ1) is 6.97. The molecule has 6 heteroatoms. The Labute approximate surface area is 92.6 Å². The van der Waals surface area contributed by atoms with E-state index in [1.54, 1.807) is 24.3 Å². The molecule has 1 nitrogen and oxygen atoms in total. The van der Waals surface area contributed by atoms with Crippen molar-refractivity contribution in [3.63, 3.8) is 0 Å². The number of para-hydroxylation sites is 1. The van der Waals surface area contributed by atoms with Crippen molar-refractivity contribution in [2.75, 3.05) is 0 Å². The Balaban J connectivity index is 2.53. The molecule has 1 heterocycles. The number of thioether (sulfide) groups is 1. The second-order valence-corrected chi connectivity index (χ2v) is 4.51. The number of hydrogen-bond acceptors (Lipinski definition) is 1. The minimum atomic E-state index is -4.30. The predicted octanol–water partition coefficient (Wildman–Crippen LogP) is 0.326. The average molecular weight is 253 g/mol. The average Bonchev–Trinajstić information content (AvgIpc) is 2.41. The van der Waals surface area contributed by atoms with Gasteiger partial charge in [-0.1, -0.05) is 12.1 Å².